The molecule has 23 heavy (non-hydrogen) atoms. The molecule has 0 aliphatic heterocycles. The molecule has 0 fully saturated rings. The minimum Gasteiger partial charge on any atom is -0.377 e. The number of ether oxygens (including phenoxy) is 1. The standard InChI is InChI=1S/C19H24N2O2/c1-2-23-18(14-20)12-13-21-19(22)17-10-8-16(9-11-17)15-6-4-3-5-7-15/h3-11,18H,2,12-14,20H2,1H3,(H,21,22). The van der Waals surface area contributed by atoms with Crippen LogP contribution < -0.4 is 11.1 Å². The smallest absolute Gasteiger partial charge is 0.251 e. The van der Waals surface area contributed by atoms with Crippen molar-refractivity contribution >= 4 is 5.91 Å². The molecule has 0 aliphatic rings. The van der Waals surface area contributed by atoms with E-state index in [9.17, 15) is 4.79 Å². The van der Waals surface area contributed by atoms with Crippen LogP contribution >= 0.6 is 0 Å². The summed E-state index contributed by atoms with van der Waals surface area (Å²) in [6.07, 6.45) is 0.721. The lowest BCUT2D eigenvalue weighted by molar-refractivity contribution is 0.0622. The minimum atomic E-state index is -0.0723. The van der Waals surface area contributed by atoms with Gasteiger partial charge >= 0.3 is 0 Å². The molecule has 0 aliphatic carbocycles. The zero-order valence-corrected chi connectivity index (χ0v) is 13.5. The Labute approximate surface area is 137 Å². The van der Waals surface area contributed by atoms with Crippen molar-refractivity contribution in [1.29, 1.82) is 0 Å². The van der Waals surface area contributed by atoms with Crippen molar-refractivity contribution in [2.24, 2.45) is 5.73 Å². The fraction of sp³-hybridized carbons (Fsp3) is 0.316. The molecule has 1 amide bonds. The lowest BCUT2D eigenvalue weighted by Crippen LogP contribution is -2.31. The van der Waals surface area contributed by atoms with E-state index in [0.717, 1.165) is 17.5 Å². The molecule has 0 heterocycles. The van der Waals surface area contributed by atoms with Gasteiger partial charge in [-0.3, -0.25) is 4.79 Å². The van der Waals surface area contributed by atoms with Crippen LogP contribution in [0.15, 0.2) is 54.6 Å². The van der Waals surface area contributed by atoms with Crippen LogP contribution in [0.25, 0.3) is 11.1 Å². The molecular formula is C19H24N2O2. The first-order valence-corrected chi connectivity index (χ1v) is 8.00. The Hall–Kier alpha value is -2.17. The molecule has 4 heteroatoms. The van der Waals surface area contributed by atoms with Crippen molar-refractivity contribution in [3.8, 4) is 11.1 Å². The second kappa shape index (κ2) is 9.08. The highest BCUT2D eigenvalue weighted by Crippen LogP contribution is 2.19. The third-order valence-corrected chi connectivity index (χ3v) is 3.67. The minimum absolute atomic E-state index is 0.000701. The van der Waals surface area contributed by atoms with Gasteiger partial charge < -0.3 is 15.8 Å². The number of carbonyl (C=O) groups excluding carboxylic acids is 1. The van der Waals surface area contributed by atoms with Gasteiger partial charge in [-0.05, 0) is 36.6 Å². The van der Waals surface area contributed by atoms with Crippen LogP contribution in [0.3, 0.4) is 0 Å². The van der Waals surface area contributed by atoms with Gasteiger partial charge in [-0.1, -0.05) is 42.5 Å². The Balaban J connectivity index is 1.88. The second-order valence-electron chi connectivity index (χ2n) is 5.30. The molecule has 0 radical (unpaired) electrons. The molecule has 2 aromatic carbocycles. The number of amides is 1. The van der Waals surface area contributed by atoms with Crippen LogP contribution in [0.2, 0.25) is 0 Å². The number of carbonyl (C=O) groups is 1. The molecular weight excluding hydrogens is 288 g/mol. The predicted molar refractivity (Wildman–Crippen MR) is 93.3 cm³/mol. The predicted octanol–water partition coefficient (Wildman–Crippen LogP) is 2.84. The van der Waals surface area contributed by atoms with Crippen LogP contribution in [0.4, 0.5) is 0 Å². The average molecular weight is 312 g/mol. The normalized spacial score (nSPS) is 11.9. The monoisotopic (exact) mass is 312 g/mol. The quantitative estimate of drug-likeness (QED) is 0.788. The number of hydrogen-bond acceptors (Lipinski definition) is 3. The van der Waals surface area contributed by atoms with Crippen molar-refractivity contribution in [2.45, 2.75) is 19.4 Å². The summed E-state index contributed by atoms with van der Waals surface area (Å²) in [5.41, 5.74) is 8.52. The summed E-state index contributed by atoms with van der Waals surface area (Å²) < 4.78 is 5.47. The maximum Gasteiger partial charge on any atom is 0.251 e. The third kappa shape index (κ3) is 5.20. The van der Waals surface area contributed by atoms with Gasteiger partial charge in [0.1, 0.15) is 0 Å². The summed E-state index contributed by atoms with van der Waals surface area (Å²) in [6.45, 7) is 3.60. The summed E-state index contributed by atoms with van der Waals surface area (Å²) in [7, 11) is 0. The molecule has 3 N–H and O–H groups in total. The van der Waals surface area contributed by atoms with E-state index in [0.29, 0.717) is 25.3 Å². The van der Waals surface area contributed by atoms with E-state index < -0.39 is 0 Å². The molecule has 1 unspecified atom stereocenters. The SMILES string of the molecule is CCOC(CN)CCNC(=O)c1ccc(-c2ccccc2)cc1. The van der Waals surface area contributed by atoms with Crippen molar-refractivity contribution in [1.82, 2.24) is 5.32 Å². The summed E-state index contributed by atoms with van der Waals surface area (Å²) in [6, 6.07) is 17.7. The second-order valence-corrected chi connectivity index (χ2v) is 5.30. The van der Waals surface area contributed by atoms with E-state index in [-0.39, 0.29) is 12.0 Å². The lowest BCUT2D eigenvalue weighted by atomic mass is 10.0. The van der Waals surface area contributed by atoms with E-state index in [1.807, 2.05) is 49.4 Å². The van der Waals surface area contributed by atoms with Gasteiger partial charge in [0.05, 0.1) is 6.10 Å². The largest absolute Gasteiger partial charge is 0.377 e. The van der Waals surface area contributed by atoms with Crippen LogP contribution in [0.5, 0.6) is 0 Å². The first-order chi connectivity index (χ1) is 11.2. The number of benzene rings is 2. The van der Waals surface area contributed by atoms with Gasteiger partial charge in [-0.25, -0.2) is 0 Å². The van der Waals surface area contributed by atoms with Crippen molar-refractivity contribution in [2.75, 3.05) is 19.7 Å². The third-order valence-electron chi connectivity index (χ3n) is 3.67. The summed E-state index contributed by atoms with van der Waals surface area (Å²) in [4.78, 5) is 12.1. The van der Waals surface area contributed by atoms with E-state index in [1.165, 1.54) is 0 Å². The average Bonchev–Trinajstić information content (AvgIpc) is 2.61. The van der Waals surface area contributed by atoms with Crippen molar-refractivity contribution in [3.63, 3.8) is 0 Å². The zero-order valence-electron chi connectivity index (χ0n) is 13.5. The zero-order chi connectivity index (χ0) is 16.5. The van der Waals surface area contributed by atoms with Gasteiger partial charge in [-0.2, -0.15) is 0 Å². The molecule has 2 rings (SSSR count). The Morgan fingerprint density at radius 2 is 1.74 bits per heavy atom. The van der Waals surface area contributed by atoms with Crippen LogP contribution in [0, 0.1) is 0 Å². The first-order valence-electron chi connectivity index (χ1n) is 8.00. The van der Waals surface area contributed by atoms with Gasteiger partial charge in [0.15, 0.2) is 0 Å². The summed E-state index contributed by atoms with van der Waals surface area (Å²) >= 11 is 0. The van der Waals surface area contributed by atoms with E-state index in [1.54, 1.807) is 0 Å². The fourth-order valence-corrected chi connectivity index (χ4v) is 2.40. The highest BCUT2D eigenvalue weighted by atomic mass is 16.5. The number of nitrogens with two attached hydrogens (primary N) is 1. The van der Waals surface area contributed by atoms with Crippen molar-refractivity contribution < 1.29 is 9.53 Å². The number of hydrogen-bond donors (Lipinski definition) is 2. The Morgan fingerprint density at radius 1 is 1.09 bits per heavy atom. The molecule has 0 spiro atoms. The highest BCUT2D eigenvalue weighted by molar-refractivity contribution is 5.94. The molecule has 122 valence electrons. The Bertz CT molecular complexity index is 597. The maximum absolute atomic E-state index is 12.1. The van der Waals surface area contributed by atoms with Gasteiger partial charge in [0.25, 0.3) is 5.91 Å². The summed E-state index contributed by atoms with van der Waals surface area (Å²) in [5.74, 6) is -0.0723. The number of nitrogens with one attached hydrogen (secondary N) is 1. The van der Waals surface area contributed by atoms with Crippen LogP contribution in [0.1, 0.15) is 23.7 Å². The van der Waals surface area contributed by atoms with E-state index in [4.69, 9.17) is 10.5 Å². The Kier molecular flexibility index (Phi) is 6.78. The van der Waals surface area contributed by atoms with Gasteiger partial charge in [0, 0.05) is 25.3 Å². The molecule has 2 aromatic rings. The van der Waals surface area contributed by atoms with Crippen LogP contribution in [-0.4, -0.2) is 31.7 Å². The summed E-state index contributed by atoms with van der Waals surface area (Å²) in [5, 5.41) is 2.91. The molecule has 4 nitrogen and oxygen atoms in total. The van der Waals surface area contributed by atoms with Crippen LogP contribution in [-0.2, 0) is 4.74 Å². The molecule has 0 saturated carbocycles. The topological polar surface area (TPSA) is 64.3 Å². The van der Waals surface area contributed by atoms with Gasteiger partial charge in [-0.15, -0.1) is 0 Å². The van der Waals surface area contributed by atoms with E-state index >= 15 is 0 Å². The molecule has 0 aromatic heterocycles. The highest BCUT2D eigenvalue weighted by Gasteiger charge is 2.09. The maximum atomic E-state index is 12.1. The molecule has 1 atom stereocenters. The van der Waals surface area contributed by atoms with Gasteiger partial charge in [0.2, 0.25) is 0 Å². The number of rotatable bonds is 8. The fourth-order valence-electron chi connectivity index (χ4n) is 2.40. The van der Waals surface area contributed by atoms with Crippen molar-refractivity contribution in [3.05, 3.63) is 60.2 Å². The molecule has 0 saturated heterocycles. The molecule has 0 bridgehead atoms. The van der Waals surface area contributed by atoms with E-state index in [2.05, 4.69) is 17.4 Å². The first kappa shape index (κ1) is 17.2. The Morgan fingerprint density at radius 3 is 2.35 bits per heavy atom. The lowest BCUT2D eigenvalue weighted by Gasteiger charge is -2.15.